The van der Waals surface area contributed by atoms with Crippen LogP contribution in [0, 0.1) is 0 Å². The maximum absolute atomic E-state index is 12.3. The number of thiocarbonyl (C=S) groups is 1. The minimum Gasteiger partial charge on any atom is -0.383 e. The molecule has 10 heteroatoms. The molecule has 0 saturated carbocycles. The Labute approximate surface area is 167 Å². The largest absolute Gasteiger partial charge is 0.383 e. The number of piperazine rings is 1. The molecule has 1 saturated heterocycles. The summed E-state index contributed by atoms with van der Waals surface area (Å²) in [4.78, 5) is 15.6. The van der Waals surface area contributed by atoms with Gasteiger partial charge in [-0.15, -0.1) is 0 Å². The molecule has 0 aliphatic carbocycles. The fraction of sp³-hybridized carbons (Fsp3) is 0.529. The molecule has 0 radical (unpaired) electrons. The molecule has 1 amide bonds. The minimum atomic E-state index is -2.43. The molecular formula is C17H25F2N4O2S2+. The maximum Gasteiger partial charge on any atom is 0.288 e. The van der Waals surface area contributed by atoms with Gasteiger partial charge in [0.25, 0.3) is 11.7 Å². The second-order valence-electron chi connectivity index (χ2n) is 6.09. The van der Waals surface area contributed by atoms with Gasteiger partial charge in [0.15, 0.2) is 11.7 Å². The van der Waals surface area contributed by atoms with Crippen LogP contribution in [0.25, 0.3) is 0 Å². The molecule has 27 heavy (non-hydrogen) atoms. The topological polar surface area (TPSA) is 58.0 Å². The van der Waals surface area contributed by atoms with Crippen molar-refractivity contribution in [1.82, 2.24) is 10.2 Å². The highest BCUT2D eigenvalue weighted by atomic mass is 32.2. The lowest BCUT2D eigenvalue weighted by molar-refractivity contribution is -0.895. The van der Waals surface area contributed by atoms with E-state index in [-0.39, 0.29) is 5.91 Å². The van der Waals surface area contributed by atoms with Crippen LogP contribution in [-0.4, -0.2) is 74.7 Å². The molecule has 0 atom stereocenters. The molecule has 1 aromatic carbocycles. The average Bonchev–Trinajstić information content (AvgIpc) is 2.63. The van der Waals surface area contributed by atoms with Crippen molar-refractivity contribution in [2.45, 2.75) is 10.7 Å². The van der Waals surface area contributed by atoms with Crippen molar-refractivity contribution in [3.8, 4) is 0 Å². The lowest BCUT2D eigenvalue weighted by Gasteiger charge is -2.33. The molecule has 0 aromatic heterocycles. The Morgan fingerprint density at radius 1 is 1.33 bits per heavy atom. The van der Waals surface area contributed by atoms with Gasteiger partial charge in [0.05, 0.1) is 32.8 Å². The van der Waals surface area contributed by atoms with Crippen molar-refractivity contribution in [3.05, 3.63) is 24.3 Å². The highest BCUT2D eigenvalue weighted by Crippen LogP contribution is 2.26. The molecule has 1 fully saturated rings. The van der Waals surface area contributed by atoms with Gasteiger partial charge < -0.3 is 25.2 Å². The van der Waals surface area contributed by atoms with Crippen molar-refractivity contribution in [1.29, 1.82) is 0 Å². The number of hydrogen-bond acceptors (Lipinski definition) is 4. The fourth-order valence-corrected chi connectivity index (χ4v) is 3.51. The number of carbonyl (C=O) groups excluding carboxylic acids is 1. The van der Waals surface area contributed by atoms with Crippen molar-refractivity contribution >= 4 is 40.7 Å². The molecule has 1 heterocycles. The smallest absolute Gasteiger partial charge is 0.288 e. The van der Waals surface area contributed by atoms with E-state index in [9.17, 15) is 13.6 Å². The first-order valence-electron chi connectivity index (χ1n) is 8.68. The Kier molecular flexibility index (Phi) is 9.19. The number of ether oxygens (including phenoxy) is 1. The Hall–Kier alpha value is -1.49. The third kappa shape index (κ3) is 7.96. The van der Waals surface area contributed by atoms with E-state index in [4.69, 9.17) is 17.0 Å². The molecule has 3 N–H and O–H groups in total. The zero-order valence-electron chi connectivity index (χ0n) is 15.2. The van der Waals surface area contributed by atoms with Gasteiger partial charge in [-0.05, 0) is 36.5 Å². The van der Waals surface area contributed by atoms with Gasteiger partial charge >= 0.3 is 0 Å². The van der Waals surface area contributed by atoms with E-state index in [1.807, 2.05) is 0 Å². The summed E-state index contributed by atoms with van der Waals surface area (Å²) < 4.78 is 29.6. The van der Waals surface area contributed by atoms with E-state index in [2.05, 4.69) is 15.5 Å². The second-order valence-corrected chi connectivity index (χ2v) is 7.54. The number of thioether (sulfide) groups is 1. The fourth-order valence-electron chi connectivity index (χ4n) is 2.71. The van der Waals surface area contributed by atoms with Crippen LogP contribution in [0.2, 0.25) is 0 Å². The minimum absolute atomic E-state index is 0.0259. The predicted octanol–water partition coefficient (Wildman–Crippen LogP) is 0.661. The standard InChI is InChI=1S/C17H24F2N4O2S2/c1-25-11-6-20-15(24)12-22-7-9-23(10-8-22)17(26)21-13-2-4-14(5-3-13)27-16(18)19/h2-5,16H,6-12H2,1H3,(H,20,24)(H,21,26)/p+1. The van der Waals surface area contributed by atoms with Crippen molar-refractivity contribution in [2.75, 3.05) is 58.3 Å². The number of quaternary nitrogens is 1. The van der Waals surface area contributed by atoms with Crippen LogP contribution < -0.4 is 15.5 Å². The SMILES string of the molecule is COCCNC(=O)C[NH+]1CCN(C(=S)Nc2ccc(SC(F)F)cc2)CC1. The van der Waals surface area contributed by atoms with Crippen molar-refractivity contribution < 1.29 is 23.2 Å². The summed E-state index contributed by atoms with van der Waals surface area (Å²) in [6.45, 7) is 4.64. The van der Waals surface area contributed by atoms with Gasteiger partial charge in [-0.25, -0.2) is 0 Å². The Balaban J connectivity index is 1.72. The number of carbonyl (C=O) groups is 1. The normalized spacial score (nSPS) is 15.0. The summed E-state index contributed by atoms with van der Waals surface area (Å²) in [5.41, 5.74) is 0.769. The summed E-state index contributed by atoms with van der Waals surface area (Å²) in [5, 5.41) is 6.57. The number of benzene rings is 1. The van der Waals surface area contributed by atoms with E-state index < -0.39 is 5.76 Å². The molecule has 0 bridgehead atoms. The molecule has 1 aromatic rings. The molecule has 6 nitrogen and oxygen atoms in total. The van der Waals surface area contributed by atoms with Crippen molar-refractivity contribution in [2.24, 2.45) is 0 Å². The van der Waals surface area contributed by atoms with E-state index in [1.165, 1.54) is 4.90 Å². The van der Waals surface area contributed by atoms with E-state index in [1.54, 1.807) is 31.4 Å². The number of nitrogens with zero attached hydrogens (tertiary/aromatic N) is 1. The summed E-state index contributed by atoms with van der Waals surface area (Å²) in [6, 6.07) is 6.77. The molecule has 0 unspecified atom stereocenters. The molecule has 150 valence electrons. The zero-order valence-corrected chi connectivity index (χ0v) is 16.8. The van der Waals surface area contributed by atoms with Gasteiger partial charge in [0.1, 0.15) is 0 Å². The number of nitrogens with one attached hydrogen (secondary N) is 3. The Bertz CT molecular complexity index is 611. The van der Waals surface area contributed by atoms with Crippen LogP contribution >= 0.6 is 24.0 Å². The van der Waals surface area contributed by atoms with Crippen LogP contribution in [0.4, 0.5) is 14.5 Å². The van der Waals surface area contributed by atoms with Gasteiger partial charge in [-0.1, -0.05) is 11.8 Å². The van der Waals surface area contributed by atoms with E-state index in [0.29, 0.717) is 41.5 Å². The summed E-state index contributed by atoms with van der Waals surface area (Å²) >= 11 is 5.96. The summed E-state index contributed by atoms with van der Waals surface area (Å²) in [6.07, 6.45) is 0. The Morgan fingerprint density at radius 3 is 2.59 bits per heavy atom. The lowest BCUT2D eigenvalue weighted by atomic mass is 10.3. The van der Waals surface area contributed by atoms with Gasteiger partial charge in [0.2, 0.25) is 0 Å². The van der Waals surface area contributed by atoms with E-state index >= 15 is 0 Å². The number of amides is 1. The maximum atomic E-state index is 12.3. The van der Waals surface area contributed by atoms with Crippen LogP contribution in [0.15, 0.2) is 29.2 Å². The zero-order chi connectivity index (χ0) is 19.6. The molecule has 2 rings (SSSR count). The number of methoxy groups -OCH3 is 1. The first-order valence-corrected chi connectivity index (χ1v) is 9.96. The molecular weight excluding hydrogens is 394 g/mol. The summed E-state index contributed by atoms with van der Waals surface area (Å²) in [7, 11) is 1.60. The van der Waals surface area contributed by atoms with Gasteiger partial charge in [-0.3, -0.25) is 4.79 Å². The van der Waals surface area contributed by atoms with Crippen LogP contribution in [0.5, 0.6) is 0 Å². The number of alkyl halides is 2. The highest BCUT2D eigenvalue weighted by molar-refractivity contribution is 7.99. The van der Waals surface area contributed by atoms with Gasteiger partial charge in [-0.2, -0.15) is 8.78 Å². The second kappa shape index (κ2) is 11.4. The first-order chi connectivity index (χ1) is 13.0. The number of halogens is 2. The number of rotatable bonds is 8. The monoisotopic (exact) mass is 419 g/mol. The lowest BCUT2D eigenvalue weighted by Crippen LogP contribution is -3.15. The third-order valence-electron chi connectivity index (χ3n) is 4.13. The average molecular weight is 420 g/mol. The summed E-state index contributed by atoms with van der Waals surface area (Å²) in [5.74, 6) is -2.40. The molecule has 1 aliphatic heterocycles. The number of hydrogen-bond donors (Lipinski definition) is 3. The van der Waals surface area contributed by atoms with Crippen LogP contribution in [0.3, 0.4) is 0 Å². The third-order valence-corrected chi connectivity index (χ3v) is 5.21. The molecule has 1 aliphatic rings. The van der Waals surface area contributed by atoms with E-state index in [0.717, 1.165) is 31.9 Å². The highest BCUT2D eigenvalue weighted by Gasteiger charge is 2.23. The van der Waals surface area contributed by atoms with Crippen LogP contribution in [0.1, 0.15) is 0 Å². The number of anilines is 1. The predicted molar refractivity (Wildman–Crippen MR) is 107 cm³/mol. The Morgan fingerprint density at radius 2 is 2.00 bits per heavy atom. The first kappa shape index (κ1) is 21.8. The van der Waals surface area contributed by atoms with Gasteiger partial charge in [0, 0.05) is 24.2 Å². The molecule has 0 spiro atoms. The quantitative estimate of drug-likeness (QED) is 0.327. The van der Waals surface area contributed by atoms with Crippen LogP contribution in [-0.2, 0) is 9.53 Å². The van der Waals surface area contributed by atoms with Crippen molar-refractivity contribution in [3.63, 3.8) is 0 Å².